The van der Waals surface area contributed by atoms with Gasteiger partial charge in [-0.3, -0.25) is 9.71 Å². The number of nitrogens with one attached hydrogen (secondary N) is 2. The van der Waals surface area contributed by atoms with Crippen molar-refractivity contribution in [1.29, 1.82) is 0 Å². The van der Waals surface area contributed by atoms with Crippen LogP contribution in [0.2, 0.25) is 0 Å². The summed E-state index contributed by atoms with van der Waals surface area (Å²) in [5.74, 6) is 1.95. The highest BCUT2D eigenvalue weighted by Gasteiger charge is 2.25. The van der Waals surface area contributed by atoms with Gasteiger partial charge in [-0.2, -0.15) is 4.98 Å². The summed E-state index contributed by atoms with van der Waals surface area (Å²) < 4.78 is 39.3. The Balaban J connectivity index is 1.37. The van der Waals surface area contributed by atoms with Crippen LogP contribution in [0.4, 0.5) is 17.5 Å². The Bertz CT molecular complexity index is 1300. The zero-order chi connectivity index (χ0) is 25.7. The number of aromatic nitrogens is 4. The molecule has 3 aromatic heterocycles. The first-order chi connectivity index (χ1) is 18.0. The van der Waals surface area contributed by atoms with Gasteiger partial charge in [0, 0.05) is 37.6 Å². The topological polar surface area (TPSA) is 131 Å². The van der Waals surface area contributed by atoms with Crippen LogP contribution in [0.1, 0.15) is 39.0 Å². The summed E-state index contributed by atoms with van der Waals surface area (Å²) in [6.07, 6.45) is 9.07. The van der Waals surface area contributed by atoms with Crippen LogP contribution in [0.15, 0.2) is 36.8 Å². The molecule has 4 heterocycles. The molecule has 11 nitrogen and oxygen atoms in total. The van der Waals surface area contributed by atoms with Crippen LogP contribution in [-0.2, 0) is 14.8 Å². The van der Waals surface area contributed by atoms with Gasteiger partial charge in [-0.05, 0) is 44.2 Å². The number of pyridine rings is 2. The first-order valence-corrected chi connectivity index (χ1v) is 14.5. The summed E-state index contributed by atoms with van der Waals surface area (Å²) in [4.78, 5) is 20.1. The van der Waals surface area contributed by atoms with Crippen molar-refractivity contribution in [3.63, 3.8) is 0 Å². The van der Waals surface area contributed by atoms with Crippen molar-refractivity contribution >= 4 is 38.4 Å². The fraction of sp³-hybridized carbons (Fsp3) is 0.520. The van der Waals surface area contributed by atoms with Crippen molar-refractivity contribution in [2.75, 3.05) is 47.0 Å². The minimum absolute atomic E-state index is 0.00850. The molecule has 0 unspecified atom stereocenters. The average Bonchev–Trinajstić information content (AvgIpc) is 2.91. The zero-order valence-corrected chi connectivity index (χ0v) is 21.8. The lowest BCUT2D eigenvalue weighted by Gasteiger charge is -2.31. The second-order valence-corrected chi connectivity index (χ2v) is 11.2. The van der Waals surface area contributed by atoms with Crippen LogP contribution in [-0.4, -0.2) is 72.6 Å². The first kappa shape index (κ1) is 25.4. The van der Waals surface area contributed by atoms with Gasteiger partial charge in [0.1, 0.15) is 11.9 Å². The van der Waals surface area contributed by atoms with Crippen molar-refractivity contribution in [3.05, 3.63) is 36.8 Å². The van der Waals surface area contributed by atoms with E-state index in [9.17, 15) is 8.42 Å². The second-order valence-electron chi connectivity index (χ2n) is 9.40. The van der Waals surface area contributed by atoms with E-state index in [4.69, 9.17) is 14.5 Å². The van der Waals surface area contributed by atoms with Crippen molar-refractivity contribution in [2.45, 2.75) is 51.2 Å². The molecule has 1 aliphatic heterocycles. The minimum atomic E-state index is -3.44. The summed E-state index contributed by atoms with van der Waals surface area (Å²) in [5.41, 5.74) is 1.11. The predicted octanol–water partition coefficient (Wildman–Crippen LogP) is 3.21. The Morgan fingerprint density at radius 3 is 2.57 bits per heavy atom. The van der Waals surface area contributed by atoms with Crippen LogP contribution >= 0.6 is 0 Å². The molecule has 0 radical (unpaired) electrons. The van der Waals surface area contributed by atoms with Gasteiger partial charge in [-0.15, -0.1) is 0 Å². The highest BCUT2D eigenvalue weighted by molar-refractivity contribution is 7.92. The highest BCUT2D eigenvalue weighted by Crippen LogP contribution is 2.33. The largest absolute Gasteiger partial charge is 0.474 e. The molecule has 3 aromatic rings. The molecule has 37 heavy (non-hydrogen) atoms. The molecule has 0 bridgehead atoms. The van der Waals surface area contributed by atoms with Crippen molar-refractivity contribution in [1.82, 2.24) is 19.9 Å². The summed E-state index contributed by atoms with van der Waals surface area (Å²) in [5, 5.41) is 4.09. The number of rotatable bonds is 9. The SMILES string of the molecule is CCCS(=O)(=O)Nc1cnc2cc(N3CCOCC3)nc(OC3CCC(Nc4ncccn4)CC3)c2c1. The van der Waals surface area contributed by atoms with E-state index in [-0.39, 0.29) is 17.9 Å². The number of morpholine rings is 1. The molecule has 12 heteroatoms. The number of sulfonamides is 1. The van der Waals surface area contributed by atoms with Gasteiger partial charge in [0.25, 0.3) is 0 Å². The number of hydrogen-bond acceptors (Lipinski definition) is 10. The molecular formula is C25H33N7O4S. The molecule has 0 spiro atoms. The summed E-state index contributed by atoms with van der Waals surface area (Å²) in [7, 11) is -3.44. The van der Waals surface area contributed by atoms with Crippen LogP contribution in [0.3, 0.4) is 0 Å². The fourth-order valence-electron chi connectivity index (χ4n) is 4.72. The molecule has 1 aliphatic carbocycles. The summed E-state index contributed by atoms with van der Waals surface area (Å²) in [6.45, 7) is 4.60. The molecule has 2 aliphatic rings. The maximum Gasteiger partial charge on any atom is 0.232 e. The highest BCUT2D eigenvalue weighted by atomic mass is 32.2. The third-order valence-electron chi connectivity index (χ3n) is 6.56. The van der Waals surface area contributed by atoms with Gasteiger partial charge in [0.05, 0.1) is 41.8 Å². The number of ether oxygens (including phenoxy) is 2. The van der Waals surface area contributed by atoms with Gasteiger partial charge in [0.15, 0.2) is 0 Å². The van der Waals surface area contributed by atoms with Gasteiger partial charge in [-0.25, -0.2) is 18.4 Å². The molecule has 198 valence electrons. The Hall–Kier alpha value is -3.25. The summed E-state index contributed by atoms with van der Waals surface area (Å²) >= 11 is 0. The van der Waals surface area contributed by atoms with Crippen molar-refractivity contribution in [2.24, 2.45) is 0 Å². The van der Waals surface area contributed by atoms with E-state index >= 15 is 0 Å². The molecule has 2 N–H and O–H groups in total. The molecular weight excluding hydrogens is 494 g/mol. The van der Waals surface area contributed by atoms with E-state index in [0.717, 1.165) is 44.6 Å². The Kier molecular flexibility index (Phi) is 7.85. The summed E-state index contributed by atoms with van der Waals surface area (Å²) in [6, 6.07) is 5.78. The van der Waals surface area contributed by atoms with Crippen molar-refractivity contribution < 1.29 is 17.9 Å². The molecule has 0 atom stereocenters. The van der Waals surface area contributed by atoms with Crippen LogP contribution < -0.4 is 19.7 Å². The second kappa shape index (κ2) is 11.4. The monoisotopic (exact) mass is 527 g/mol. The smallest absolute Gasteiger partial charge is 0.232 e. The van der Waals surface area contributed by atoms with Gasteiger partial charge >= 0.3 is 0 Å². The lowest BCUT2D eigenvalue weighted by Crippen LogP contribution is -2.37. The van der Waals surface area contributed by atoms with E-state index in [2.05, 4.69) is 29.9 Å². The molecule has 1 saturated carbocycles. The van der Waals surface area contributed by atoms with Crippen LogP contribution in [0.25, 0.3) is 10.9 Å². The number of anilines is 3. The maximum atomic E-state index is 12.3. The molecule has 5 rings (SSSR count). The Morgan fingerprint density at radius 2 is 1.84 bits per heavy atom. The zero-order valence-electron chi connectivity index (χ0n) is 21.0. The minimum Gasteiger partial charge on any atom is -0.474 e. The van der Waals surface area contributed by atoms with Gasteiger partial charge in [0.2, 0.25) is 21.9 Å². The quantitative estimate of drug-likeness (QED) is 0.427. The third kappa shape index (κ3) is 6.55. The Morgan fingerprint density at radius 1 is 1.08 bits per heavy atom. The van der Waals surface area contributed by atoms with Gasteiger partial charge in [-0.1, -0.05) is 6.92 Å². The Labute approximate surface area is 217 Å². The number of nitrogens with zero attached hydrogens (tertiary/aromatic N) is 5. The normalized spacial score (nSPS) is 20.5. The van der Waals surface area contributed by atoms with Crippen molar-refractivity contribution in [3.8, 4) is 5.88 Å². The average molecular weight is 528 g/mol. The maximum absolute atomic E-state index is 12.3. The lowest BCUT2D eigenvalue weighted by atomic mass is 9.93. The first-order valence-electron chi connectivity index (χ1n) is 12.8. The molecule has 1 saturated heterocycles. The van der Waals surface area contributed by atoms with E-state index < -0.39 is 10.0 Å². The third-order valence-corrected chi connectivity index (χ3v) is 8.06. The predicted molar refractivity (Wildman–Crippen MR) is 143 cm³/mol. The van der Waals surface area contributed by atoms with E-state index in [1.54, 1.807) is 30.7 Å². The van der Waals surface area contributed by atoms with E-state index in [1.165, 1.54) is 0 Å². The molecule has 2 fully saturated rings. The van der Waals surface area contributed by atoms with Crippen LogP contribution in [0.5, 0.6) is 5.88 Å². The van der Waals surface area contributed by atoms with E-state index in [0.29, 0.717) is 48.1 Å². The number of hydrogen-bond donors (Lipinski definition) is 2. The fourth-order valence-corrected chi connectivity index (χ4v) is 5.83. The number of fused-ring (bicyclic) bond motifs is 1. The van der Waals surface area contributed by atoms with Crippen LogP contribution in [0, 0.1) is 0 Å². The molecule has 0 amide bonds. The van der Waals surface area contributed by atoms with E-state index in [1.807, 2.05) is 13.0 Å². The standard InChI is InChI=1S/C25H33N7O4S/c1-2-14-37(33,34)31-19-15-21-22(28-17-19)16-23(32-10-12-35-13-11-32)30-24(21)36-20-6-4-18(5-7-20)29-25-26-8-3-9-27-25/h3,8-9,15-18,20,31H,2,4-7,10-14H2,1H3,(H,26,27,29). The van der Waals surface area contributed by atoms with Gasteiger partial charge < -0.3 is 19.7 Å². The lowest BCUT2D eigenvalue weighted by molar-refractivity contribution is 0.122. The molecule has 0 aromatic carbocycles.